The van der Waals surface area contributed by atoms with Gasteiger partial charge in [-0.25, -0.2) is 0 Å². The summed E-state index contributed by atoms with van der Waals surface area (Å²) < 4.78 is 0. The van der Waals surface area contributed by atoms with E-state index in [-0.39, 0.29) is 47.8 Å². The number of thioether (sulfide) groups is 1. The van der Waals surface area contributed by atoms with Gasteiger partial charge in [0.05, 0.1) is 18.8 Å². The summed E-state index contributed by atoms with van der Waals surface area (Å²) in [6.45, 7) is 0.0766. The first-order valence-electron chi connectivity index (χ1n) is 9.16. The van der Waals surface area contributed by atoms with Gasteiger partial charge >= 0.3 is 0 Å². The fourth-order valence-corrected chi connectivity index (χ4v) is 4.04. The Labute approximate surface area is 162 Å². The molecule has 0 bridgehead atoms. The van der Waals surface area contributed by atoms with Gasteiger partial charge in [0.25, 0.3) is 11.1 Å². The summed E-state index contributed by atoms with van der Waals surface area (Å²) in [6, 6.07) is 6.94. The lowest BCUT2D eigenvalue weighted by molar-refractivity contribution is -0.125. The molecule has 1 saturated heterocycles. The summed E-state index contributed by atoms with van der Waals surface area (Å²) in [6.07, 6.45) is 5.46. The highest BCUT2D eigenvalue weighted by atomic mass is 32.2. The van der Waals surface area contributed by atoms with Crippen molar-refractivity contribution in [1.29, 1.82) is 0 Å². The maximum absolute atomic E-state index is 12.3. The molecule has 1 heterocycles. The van der Waals surface area contributed by atoms with Crippen molar-refractivity contribution in [3.63, 3.8) is 0 Å². The number of nitrogens with zero attached hydrogens (tertiary/aromatic N) is 1. The molecule has 2 fully saturated rings. The first-order chi connectivity index (χ1) is 13.0. The van der Waals surface area contributed by atoms with Crippen LogP contribution in [0.1, 0.15) is 48.0 Å². The maximum atomic E-state index is 12.3. The molecule has 0 atom stereocenters. The Bertz CT molecular complexity index is 730. The molecular weight excluding hydrogens is 366 g/mol. The van der Waals surface area contributed by atoms with Gasteiger partial charge in [0.1, 0.15) is 0 Å². The molecule has 4 amide bonds. The van der Waals surface area contributed by atoms with Crippen LogP contribution in [0.4, 0.5) is 4.79 Å². The molecule has 1 aromatic rings. The van der Waals surface area contributed by atoms with Crippen LogP contribution in [0.25, 0.3) is 0 Å². The predicted molar refractivity (Wildman–Crippen MR) is 102 cm³/mol. The Kier molecular flexibility index (Phi) is 6.49. The molecule has 2 aliphatic rings. The van der Waals surface area contributed by atoms with Crippen molar-refractivity contribution >= 4 is 34.7 Å². The average molecular weight is 389 g/mol. The second-order valence-corrected chi connectivity index (χ2v) is 7.75. The number of hydrogen-bond donors (Lipinski definition) is 2. The van der Waals surface area contributed by atoms with E-state index in [1.54, 1.807) is 24.3 Å². The van der Waals surface area contributed by atoms with Crippen LogP contribution in [-0.4, -0.2) is 46.2 Å². The van der Waals surface area contributed by atoms with Gasteiger partial charge in [-0.15, -0.1) is 0 Å². The van der Waals surface area contributed by atoms with Crippen LogP contribution < -0.4 is 10.6 Å². The third-order valence-corrected chi connectivity index (χ3v) is 5.61. The number of hydrogen-bond acceptors (Lipinski definition) is 5. The second kappa shape index (κ2) is 9.03. The quantitative estimate of drug-likeness (QED) is 0.776. The van der Waals surface area contributed by atoms with Gasteiger partial charge in [0.2, 0.25) is 11.8 Å². The number of benzene rings is 1. The lowest BCUT2D eigenvalue weighted by Crippen LogP contribution is -2.42. The van der Waals surface area contributed by atoms with Crippen molar-refractivity contribution < 1.29 is 19.2 Å². The van der Waals surface area contributed by atoms with Gasteiger partial charge in [0.15, 0.2) is 0 Å². The van der Waals surface area contributed by atoms with Gasteiger partial charge in [-0.1, -0.05) is 43.2 Å². The number of nitrogens with one attached hydrogen (secondary N) is 2. The number of rotatable bonds is 6. The number of carbonyl (C=O) groups excluding carboxylic acids is 4. The summed E-state index contributed by atoms with van der Waals surface area (Å²) in [5.41, 5.74) is 1.09. The Morgan fingerprint density at radius 2 is 1.93 bits per heavy atom. The van der Waals surface area contributed by atoms with Crippen molar-refractivity contribution in [2.75, 3.05) is 12.3 Å². The highest BCUT2D eigenvalue weighted by molar-refractivity contribution is 8.14. The smallest absolute Gasteiger partial charge is 0.289 e. The molecular formula is C19H23N3O4S. The fraction of sp³-hybridized carbons (Fsp3) is 0.474. The molecule has 27 heavy (non-hydrogen) atoms. The SMILES string of the molecule is O=C(CNC(=O)c1cccc(CN2C(=O)CSC2=O)c1)NC1CCCCC1. The van der Waals surface area contributed by atoms with Gasteiger partial charge in [0, 0.05) is 11.6 Å². The van der Waals surface area contributed by atoms with E-state index >= 15 is 0 Å². The minimum Gasteiger partial charge on any atom is -0.352 e. The van der Waals surface area contributed by atoms with Crippen molar-refractivity contribution in [3.05, 3.63) is 35.4 Å². The van der Waals surface area contributed by atoms with E-state index in [1.807, 2.05) is 0 Å². The zero-order chi connectivity index (χ0) is 19.2. The van der Waals surface area contributed by atoms with Gasteiger partial charge in [-0.3, -0.25) is 24.1 Å². The van der Waals surface area contributed by atoms with Crippen LogP contribution >= 0.6 is 11.8 Å². The summed E-state index contributed by atoms with van der Waals surface area (Å²) in [4.78, 5) is 48.9. The third-order valence-electron chi connectivity index (χ3n) is 4.75. The monoisotopic (exact) mass is 389 g/mol. The minimum absolute atomic E-state index is 0.0701. The lowest BCUT2D eigenvalue weighted by atomic mass is 9.95. The minimum atomic E-state index is -0.357. The molecule has 1 aliphatic heterocycles. The normalized spacial score (nSPS) is 17.9. The fourth-order valence-electron chi connectivity index (χ4n) is 3.32. The first-order valence-corrected chi connectivity index (χ1v) is 10.1. The van der Waals surface area contributed by atoms with Crippen LogP contribution in [-0.2, 0) is 16.1 Å². The Balaban J connectivity index is 1.51. The van der Waals surface area contributed by atoms with E-state index in [4.69, 9.17) is 0 Å². The van der Waals surface area contributed by atoms with E-state index in [9.17, 15) is 19.2 Å². The van der Waals surface area contributed by atoms with Gasteiger partial charge in [-0.2, -0.15) is 0 Å². The van der Waals surface area contributed by atoms with Crippen molar-refractivity contribution in [1.82, 2.24) is 15.5 Å². The Hall–Kier alpha value is -2.35. The highest BCUT2D eigenvalue weighted by Crippen LogP contribution is 2.21. The molecule has 8 heteroatoms. The van der Waals surface area contributed by atoms with Crippen molar-refractivity contribution in [2.45, 2.75) is 44.7 Å². The first kappa shape index (κ1) is 19.4. The molecule has 144 valence electrons. The third kappa shape index (κ3) is 5.32. The standard InChI is InChI=1S/C19H23N3O4S/c23-16(21-15-7-2-1-3-8-15)10-20-18(25)14-6-4-5-13(9-14)11-22-17(24)12-27-19(22)26/h4-6,9,15H,1-3,7-8,10-12H2,(H,20,25)(H,21,23). The van der Waals surface area contributed by atoms with Crippen LogP contribution in [0.5, 0.6) is 0 Å². The molecule has 1 saturated carbocycles. The highest BCUT2D eigenvalue weighted by Gasteiger charge is 2.29. The molecule has 2 N–H and O–H groups in total. The van der Waals surface area contributed by atoms with Crippen LogP contribution in [0.3, 0.4) is 0 Å². The van der Waals surface area contributed by atoms with Gasteiger partial charge < -0.3 is 10.6 Å². The zero-order valence-corrected chi connectivity index (χ0v) is 15.8. The van der Waals surface area contributed by atoms with E-state index in [0.717, 1.165) is 37.4 Å². The molecule has 7 nitrogen and oxygen atoms in total. The summed E-state index contributed by atoms with van der Waals surface area (Å²) in [5, 5.41) is 5.31. The second-order valence-electron chi connectivity index (χ2n) is 6.82. The van der Waals surface area contributed by atoms with E-state index in [0.29, 0.717) is 11.1 Å². The van der Waals surface area contributed by atoms with Crippen molar-refractivity contribution in [3.8, 4) is 0 Å². The summed E-state index contributed by atoms with van der Waals surface area (Å²) >= 11 is 0.982. The van der Waals surface area contributed by atoms with E-state index < -0.39 is 0 Å². The average Bonchev–Trinajstić information content (AvgIpc) is 2.99. The molecule has 1 aromatic carbocycles. The largest absolute Gasteiger partial charge is 0.352 e. The van der Waals surface area contributed by atoms with Crippen molar-refractivity contribution in [2.24, 2.45) is 0 Å². The number of imide groups is 1. The Morgan fingerprint density at radius 1 is 1.15 bits per heavy atom. The maximum Gasteiger partial charge on any atom is 0.289 e. The van der Waals surface area contributed by atoms with E-state index in [1.165, 1.54) is 11.3 Å². The zero-order valence-electron chi connectivity index (χ0n) is 15.0. The molecule has 0 spiro atoms. The molecule has 0 unspecified atom stereocenters. The van der Waals surface area contributed by atoms with Crippen LogP contribution in [0, 0.1) is 0 Å². The lowest BCUT2D eigenvalue weighted by Gasteiger charge is -2.22. The van der Waals surface area contributed by atoms with Crippen LogP contribution in [0.15, 0.2) is 24.3 Å². The predicted octanol–water partition coefficient (Wildman–Crippen LogP) is 2.06. The summed E-state index contributed by atoms with van der Waals surface area (Å²) in [7, 11) is 0. The van der Waals surface area contributed by atoms with Crippen LogP contribution in [0.2, 0.25) is 0 Å². The topological polar surface area (TPSA) is 95.6 Å². The number of amides is 4. The molecule has 0 radical (unpaired) electrons. The summed E-state index contributed by atoms with van der Waals surface area (Å²) in [5.74, 6) is -0.602. The molecule has 3 rings (SSSR count). The Morgan fingerprint density at radius 3 is 2.63 bits per heavy atom. The molecule has 0 aromatic heterocycles. The van der Waals surface area contributed by atoms with E-state index in [2.05, 4.69) is 10.6 Å². The van der Waals surface area contributed by atoms with Gasteiger partial charge in [-0.05, 0) is 30.5 Å². The molecule has 1 aliphatic carbocycles. The number of carbonyl (C=O) groups is 4.